The van der Waals surface area contributed by atoms with E-state index < -0.39 is 0 Å². The third-order valence-electron chi connectivity index (χ3n) is 4.58. The smallest absolute Gasteiger partial charge is 0.227 e. The lowest BCUT2D eigenvalue weighted by atomic mass is 10.2. The summed E-state index contributed by atoms with van der Waals surface area (Å²) in [4.78, 5) is 18.9. The number of aromatic nitrogens is 2. The van der Waals surface area contributed by atoms with Gasteiger partial charge in [0.25, 0.3) is 0 Å². The molecule has 1 aliphatic carbocycles. The van der Waals surface area contributed by atoms with Crippen LogP contribution in [0.5, 0.6) is 5.75 Å². The van der Waals surface area contributed by atoms with E-state index in [9.17, 15) is 4.79 Å². The molecule has 1 amide bonds. The van der Waals surface area contributed by atoms with E-state index in [4.69, 9.17) is 13.7 Å². The molecule has 0 unspecified atom stereocenters. The molecule has 1 aliphatic rings. The van der Waals surface area contributed by atoms with Crippen LogP contribution in [0, 0.1) is 0 Å². The van der Waals surface area contributed by atoms with E-state index in [-0.39, 0.29) is 5.91 Å². The van der Waals surface area contributed by atoms with Crippen LogP contribution in [0.2, 0.25) is 0 Å². The van der Waals surface area contributed by atoms with E-state index in [2.05, 4.69) is 10.1 Å². The molecule has 7 nitrogen and oxygen atoms in total. The number of carbonyl (C=O) groups is 1. The molecule has 0 radical (unpaired) electrons. The van der Waals surface area contributed by atoms with Gasteiger partial charge in [-0.05, 0) is 49.2 Å². The zero-order valence-electron chi connectivity index (χ0n) is 15.1. The Bertz CT molecular complexity index is 882. The van der Waals surface area contributed by atoms with Gasteiger partial charge in [0.05, 0.1) is 19.9 Å². The molecule has 2 aromatic heterocycles. The van der Waals surface area contributed by atoms with Gasteiger partial charge in [0.2, 0.25) is 17.6 Å². The molecule has 27 heavy (non-hydrogen) atoms. The highest BCUT2D eigenvalue weighted by Gasteiger charge is 2.33. The lowest BCUT2D eigenvalue weighted by Gasteiger charge is -2.20. The quantitative estimate of drug-likeness (QED) is 0.606. The maximum absolute atomic E-state index is 12.7. The van der Waals surface area contributed by atoms with Crippen molar-refractivity contribution in [1.29, 1.82) is 0 Å². The first kappa shape index (κ1) is 17.3. The number of methoxy groups -OCH3 is 1. The van der Waals surface area contributed by atoms with Crippen molar-refractivity contribution in [2.75, 3.05) is 7.11 Å². The summed E-state index contributed by atoms with van der Waals surface area (Å²) in [6.45, 7) is 0.511. The molecule has 7 heteroatoms. The normalized spacial score (nSPS) is 13.5. The number of hydrogen-bond acceptors (Lipinski definition) is 6. The molecule has 0 bridgehead atoms. The van der Waals surface area contributed by atoms with Crippen LogP contribution in [0.3, 0.4) is 0 Å². The first-order chi connectivity index (χ1) is 13.2. The first-order valence-electron chi connectivity index (χ1n) is 9.02. The molecule has 1 saturated carbocycles. The molecule has 0 N–H and O–H groups in total. The Hall–Kier alpha value is -3.09. The van der Waals surface area contributed by atoms with Gasteiger partial charge < -0.3 is 18.6 Å². The van der Waals surface area contributed by atoms with Crippen LogP contribution in [0.1, 0.15) is 30.9 Å². The molecule has 1 aromatic carbocycles. The van der Waals surface area contributed by atoms with Crippen molar-refractivity contribution >= 4 is 5.91 Å². The minimum absolute atomic E-state index is 0.0816. The van der Waals surface area contributed by atoms with Crippen molar-refractivity contribution in [1.82, 2.24) is 15.0 Å². The Labute approximate surface area is 156 Å². The van der Waals surface area contributed by atoms with Gasteiger partial charge in [-0.25, -0.2) is 0 Å². The largest absolute Gasteiger partial charge is 0.497 e. The molecule has 140 valence electrons. The second-order valence-electron chi connectivity index (χ2n) is 6.57. The molecule has 0 aliphatic heterocycles. The van der Waals surface area contributed by atoms with Crippen molar-refractivity contribution in [2.24, 2.45) is 0 Å². The minimum atomic E-state index is 0.0816. The van der Waals surface area contributed by atoms with Gasteiger partial charge >= 0.3 is 0 Å². The molecular weight excluding hydrogens is 346 g/mol. The third-order valence-corrected chi connectivity index (χ3v) is 4.58. The summed E-state index contributed by atoms with van der Waals surface area (Å²) in [6, 6.07) is 11.5. The molecule has 0 spiro atoms. The standard InChI is InChI=1S/C20H21N3O4/c1-25-16-8-4-14(5-9-16)20-21-18(27-22-20)10-11-19(24)23(15-6-7-15)13-17-3-2-12-26-17/h2-5,8-9,12,15H,6-7,10-11,13H2,1H3. The molecule has 1 fully saturated rings. The summed E-state index contributed by atoms with van der Waals surface area (Å²) in [5.74, 6) is 2.62. The Kier molecular flexibility index (Phi) is 4.91. The zero-order valence-corrected chi connectivity index (χ0v) is 15.1. The summed E-state index contributed by atoms with van der Waals surface area (Å²) in [5.41, 5.74) is 0.842. The number of rotatable bonds is 8. The van der Waals surface area contributed by atoms with Crippen LogP contribution >= 0.6 is 0 Å². The van der Waals surface area contributed by atoms with Gasteiger partial charge in [0, 0.05) is 24.4 Å². The second-order valence-corrected chi connectivity index (χ2v) is 6.57. The predicted molar refractivity (Wildman–Crippen MR) is 96.9 cm³/mol. The van der Waals surface area contributed by atoms with Crippen molar-refractivity contribution in [3.05, 3.63) is 54.3 Å². The summed E-state index contributed by atoms with van der Waals surface area (Å²) >= 11 is 0. The van der Waals surface area contributed by atoms with E-state index in [1.54, 1.807) is 13.4 Å². The van der Waals surface area contributed by atoms with Crippen LogP contribution in [0.4, 0.5) is 0 Å². The number of amides is 1. The van der Waals surface area contributed by atoms with Crippen LogP contribution in [0.15, 0.2) is 51.6 Å². The summed E-state index contributed by atoms with van der Waals surface area (Å²) in [7, 11) is 1.62. The molecule has 3 aromatic rings. The van der Waals surface area contributed by atoms with E-state index in [1.807, 2.05) is 41.3 Å². The van der Waals surface area contributed by atoms with E-state index in [0.29, 0.717) is 37.1 Å². The highest BCUT2D eigenvalue weighted by molar-refractivity contribution is 5.77. The van der Waals surface area contributed by atoms with Crippen LogP contribution in [-0.2, 0) is 17.8 Å². The highest BCUT2D eigenvalue weighted by Crippen LogP contribution is 2.29. The molecular formula is C20H21N3O4. The summed E-state index contributed by atoms with van der Waals surface area (Å²) in [6.07, 6.45) is 4.48. The van der Waals surface area contributed by atoms with Gasteiger partial charge in [-0.2, -0.15) is 4.98 Å². The lowest BCUT2D eigenvalue weighted by Crippen LogP contribution is -2.32. The molecule has 0 atom stereocenters. The predicted octanol–water partition coefficient (Wildman–Crippen LogP) is 3.46. The fourth-order valence-corrected chi connectivity index (χ4v) is 2.95. The highest BCUT2D eigenvalue weighted by atomic mass is 16.5. The average Bonchev–Trinajstić information content (AvgIpc) is 3.20. The molecule has 2 heterocycles. The van der Waals surface area contributed by atoms with Crippen molar-refractivity contribution in [2.45, 2.75) is 38.3 Å². The van der Waals surface area contributed by atoms with Gasteiger partial charge in [0.15, 0.2) is 0 Å². The number of benzene rings is 1. The monoisotopic (exact) mass is 367 g/mol. The number of hydrogen-bond donors (Lipinski definition) is 0. The first-order valence-corrected chi connectivity index (χ1v) is 9.02. The Morgan fingerprint density at radius 3 is 2.74 bits per heavy atom. The van der Waals surface area contributed by atoms with Crippen molar-refractivity contribution in [3.63, 3.8) is 0 Å². The number of ether oxygens (including phenoxy) is 1. The second kappa shape index (κ2) is 7.65. The topological polar surface area (TPSA) is 81.6 Å². The van der Waals surface area contributed by atoms with E-state index >= 15 is 0 Å². The summed E-state index contributed by atoms with van der Waals surface area (Å²) < 4.78 is 15.8. The van der Waals surface area contributed by atoms with Crippen LogP contribution in [-0.4, -0.2) is 34.1 Å². The average molecular weight is 367 g/mol. The van der Waals surface area contributed by atoms with Gasteiger partial charge in [-0.1, -0.05) is 5.16 Å². The number of carbonyl (C=O) groups excluding carboxylic acids is 1. The third kappa shape index (κ3) is 4.19. The zero-order chi connectivity index (χ0) is 18.6. The SMILES string of the molecule is COc1ccc(-c2noc(CCC(=O)N(Cc3ccco3)C3CC3)n2)cc1. The van der Waals surface area contributed by atoms with Crippen molar-refractivity contribution < 1.29 is 18.5 Å². The van der Waals surface area contributed by atoms with Gasteiger partial charge in [-0.3, -0.25) is 4.79 Å². The molecule has 0 saturated heterocycles. The van der Waals surface area contributed by atoms with Crippen LogP contribution < -0.4 is 4.74 Å². The lowest BCUT2D eigenvalue weighted by molar-refractivity contribution is -0.132. The maximum atomic E-state index is 12.7. The molecule has 4 rings (SSSR count). The fraction of sp³-hybridized carbons (Fsp3) is 0.350. The van der Waals surface area contributed by atoms with E-state index in [0.717, 1.165) is 29.9 Å². The number of aryl methyl sites for hydroxylation is 1. The van der Waals surface area contributed by atoms with E-state index in [1.165, 1.54) is 0 Å². The number of furan rings is 1. The van der Waals surface area contributed by atoms with Crippen molar-refractivity contribution in [3.8, 4) is 17.1 Å². The van der Waals surface area contributed by atoms with Gasteiger partial charge in [-0.15, -0.1) is 0 Å². The fourth-order valence-electron chi connectivity index (χ4n) is 2.95. The van der Waals surface area contributed by atoms with Crippen LogP contribution in [0.25, 0.3) is 11.4 Å². The maximum Gasteiger partial charge on any atom is 0.227 e. The van der Waals surface area contributed by atoms with Gasteiger partial charge in [0.1, 0.15) is 11.5 Å². The Morgan fingerprint density at radius 2 is 2.07 bits per heavy atom. The minimum Gasteiger partial charge on any atom is -0.497 e. The Morgan fingerprint density at radius 1 is 1.26 bits per heavy atom. The summed E-state index contributed by atoms with van der Waals surface area (Å²) in [5, 5.41) is 4.01. The Balaban J connectivity index is 1.36. The number of nitrogens with zero attached hydrogens (tertiary/aromatic N) is 3.